The second-order valence-corrected chi connectivity index (χ2v) is 2.92. The average Bonchev–Trinajstić information content (AvgIpc) is 1.80. The Morgan fingerprint density at radius 2 is 2.00 bits per heavy atom. The van der Waals surface area contributed by atoms with Crippen LogP contribution in [0.4, 0.5) is 13.2 Å². The lowest BCUT2D eigenvalue weighted by Gasteiger charge is -2.13. The molecule has 0 saturated heterocycles. The largest absolute Gasteiger partial charge is 0.402 e. The molecule has 5 heteroatoms. The van der Waals surface area contributed by atoms with Gasteiger partial charge in [0.25, 0.3) is 0 Å². The summed E-state index contributed by atoms with van der Waals surface area (Å²) in [5, 5.41) is 2.59. The monoisotopic (exact) mass is 219 g/mol. The highest BCUT2D eigenvalue weighted by Gasteiger charge is 2.36. The molecule has 0 aromatic carbocycles. The van der Waals surface area contributed by atoms with Crippen LogP contribution in [0.3, 0.4) is 0 Å². The number of hydrogen-bond acceptors (Lipinski definition) is 1. The quantitative estimate of drug-likeness (QED) is 0.716. The highest BCUT2D eigenvalue weighted by Crippen LogP contribution is 2.25. The van der Waals surface area contributed by atoms with Gasteiger partial charge in [-0.15, -0.1) is 0 Å². The Morgan fingerprint density at radius 3 is 2.30 bits per heavy atom. The van der Waals surface area contributed by atoms with E-state index < -0.39 is 11.0 Å². The SMILES string of the molecule is CCNCC(Br)C(F)(F)F. The van der Waals surface area contributed by atoms with Crippen molar-refractivity contribution in [3.05, 3.63) is 0 Å². The van der Waals surface area contributed by atoms with Gasteiger partial charge in [-0.1, -0.05) is 22.9 Å². The van der Waals surface area contributed by atoms with Crippen molar-refractivity contribution in [3.63, 3.8) is 0 Å². The van der Waals surface area contributed by atoms with Gasteiger partial charge >= 0.3 is 6.18 Å². The lowest BCUT2D eigenvalue weighted by atomic mass is 10.4. The molecule has 1 atom stereocenters. The van der Waals surface area contributed by atoms with Gasteiger partial charge in [0.2, 0.25) is 0 Å². The van der Waals surface area contributed by atoms with Gasteiger partial charge in [0.15, 0.2) is 0 Å². The zero-order valence-corrected chi connectivity index (χ0v) is 7.09. The van der Waals surface area contributed by atoms with Gasteiger partial charge in [0, 0.05) is 6.54 Å². The first kappa shape index (κ1) is 10.2. The van der Waals surface area contributed by atoms with Gasteiger partial charge in [0.1, 0.15) is 4.83 Å². The van der Waals surface area contributed by atoms with E-state index in [9.17, 15) is 13.2 Å². The lowest BCUT2D eigenvalue weighted by Crippen LogP contribution is -2.33. The topological polar surface area (TPSA) is 12.0 Å². The average molecular weight is 220 g/mol. The first-order chi connectivity index (χ1) is 4.48. The summed E-state index contributed by atoms with van der Waals surface area (Å²) in [6, 6.07) is 0. The molecule has 0 amide bonds. The third kappa shape index (κ3) is 4.11. The maximum Gasteiger partial charge on any atom is 0.402 e. The third-order valence-corrected chi connectivity index (χ3v) is 1.77. The Labute approximate surface area is 66.1 Å². The molecule has 0 aromatic heterocycles. The predicted molar refractivity (Wildman–Crippen MR) is 37.3 cm³/mol. The van der Waals surface area contributed by atoms with Crippen molar-refractivity contribution in [2.75, 3.05) is 13.1 Å². The summed E-state index contributed by atoms with van der Waals surface area (Å²) in [4.78, 5) is -1.43. The van der Waals surface area contributed by atoms with E-state index in [0.29, 0.717) is 6.54 Å². The molecule has 0 fully saturated rings. The van der Waals surface area contributed by atoms with E-state index in [0.717, 1.165) is 0 Å². The highest BCUT2D eigenvalue weighted by atomic mass is 79.9. The molecule has 0 spiro atoms. The van der Waals surface area contributed by atoms with Crippen molar-refractivity contribution < 1.29 is 13.2 Å². The molecule has 0 heterocycles. The molecular formula is C5H9BrF3N. The van der Waals surface area contributed by atoms with E-state index in [1.807, 2.05) is 0 Å². The molecule has 0 bridgehead atoms. The van der Waals surface area contributed by atoms with Crippen molar-refractivity contribution >= 4 is 15.9 Å². The minimum Gasteiger partial charge on any atom is -0.316 e. The second-order valence-electron chi connectivity index (χ2n) is 1.82. The van der Waals surface area contributed by atoms with Crippen LogP contribution in [-0.4, -0.2) is 24.1 Å². The summed E-state index contributed by atoms with van der Waals surface area (Å²) in [7, 11) is 0. The van der Waals surface area contributed by atoms with Crippen LogP contribution in [0, 0.1) is 0 Å². The maximum absolute atomic E-state index is 11.7. The van der Waals surface area contributed by atoms with Gasteiger partial charge in [-0.3, -0.25) is 0 Å². The summed E-state index contributed by atoms with van der Waals surface area (Å²) in [5.74, 6) is 0. The van der Waals surface area contributed by atoms with Crippen LogP contribution in [0.15, 0.2) is 0 Å². The fourth-order valence-electron chi connectivity index (χ4n) is 0.387. The van der Waals surface area contributed by atoms with Crippen LogP contribution < -0.4 is 5.32 Å². The van der Waals surface area contributed by atoms with E-state index in [-0.39, 0.29) is 6.54 Å². The molecule has 1 nitrogen and oxygen atoms in total. The van der Waals surface area contributed by atoms with Crippen molar-refractivity contribution in [1.29, 1.82) is 0 Å². The molecule has 0 radical (unpaired) electrons. The Bertz CT molecular complexity index is 93.4. The van der Waals surface area contributed by atoms with Gasteiger partial charge in [-0.05, 0) is 6.54 Å². The molecule has 0 aliphatic heterocycles. The number of halogens is 4. The fourth-order valence-corrected chi connectivity index (χ4v) is 0.616. The molecule has 0 rings (SSSR count). The fraction of sp³-hybridized carbons (Fsp3) is 1.00. The van der Waals surface area contributed by atoms with E-state index in [4.69, 9.17) is 0 Å². The lowest BCUT2D eigenvalue weighted by molar-refractivity contribution is -0.126. The number of nitrogens with one attached hydrogen (secondary N) is 1. The van der Waals surface area contributed by atoms with Crippen LogP contribution in [0.1, 0.15) is 6.92 Å². The van der Waals surface area contributed by atoms with E-state index in [1.54, 1.807) is 6.92 Å². The number of alkyl halides is 4. The Balaban J connectivity index is 3.52. The zero-order chi connectivity index (χ0) is 8.20. The van der Waals surface area contributed by atoms with Crippen LogP contribution >= 0.6 is 15.9 Å². The van der Waals surface area contributed by atoms with E-state index >= 15 is 0 Å². The molecule has 0 aliphatic carbocycles. The van der Waals surface area contributed by atoms with Crippen LogP contribution in [0.25, 0.3) is 0 Å². The van der Waals surface area contributed by atoms with Crippen LogP contribution in [0.5, 0.6) is 0 Å². The minimum absolute atomic E-state index is 0.0694. The second kappa shape index (κ2) is 4.18. The van der Waals surface area contributed by atoms with Gasteiger partial charge in [-0.2, -0.15) is 13.2 Å². The summed E-state index contributed by atoms with van der Waals surface area (Å²) in [6.07, 6.45) is -4.14. The normalized spacial score (nSPS) is 15.3. The van der Waals surface area contributed by atoms with Gasteiger partial charge in [0.05, 0.1) is 0 Å². The van der Waals surface area contributed by atoms with Crippen molar-refractivity contribution in [3.8, 4) is 0 Å². The summed E-state index contributed by atoms with van der Waals surface area (Å²) in [5.41, 5.74) is 0. The molecular weight excluding hydrogens is 211 g/mol. The van der Waals surface area contributed by atoms with Crippen LogP contribution in [0.2, 0.25) is 0 Å². The van der Waals surface area contributed by atoms with E-state index in [1.165, 1.54) is 0 Å². The van der Waals surface area contributed by atoms with Gasteiger partial charge in [-0.25, -0.2) is 0 Å². The molecule has 10 heavy (non-hydrogen) atoms. The Morgan fingerprint density at radius 1 is 1.50 bits per heavy atom. The molecule has 1 unspecified atom stereocenters. The van der Waals surface area contributed by atoms with Crippen molar-refractivity contribution in [2.24, 2.45) is 0 Å². The molecule has 62 valence electrons. The first-order valence-electron chi connectivity index (χ1n) is 2.90. The summed E-state index contributed by atoms with van der Waals surface area (Å²) >= 11 is 2.51. The van der Waals surface area contributed by atoms with Crippen molar-refractivity contribution in [2.45, 2.75) is 17.9 Å². The van der Waals surface area contributed by atoms with Crippen LogP contribution in [-0.2, 0) is 0 Å². The molecule has 1 N–H and O–H groups in total. The Hall–Kier alpha value is 0.230. The number of hydrogen-bond donors (Lipinski definition) is 1. The smallest absolute Gasteiger partial charge is 0.316 e. The minimum atomic E-state index is -4.14. The third-order valence-electron chi connectivity index (χ3n) is 0.929. The first-order valence-corrected chi connectivity index (χ1v) is 3.81. The maximum atomic E-state index is 11.7. The summed E-state index contributed by atoms with van der Waals surface area (Å²) < 4.78 is 35.1. The predicted octanol–water partition coefficient (Wildman–Crippen LogP) is 1.92. The van der Waals surface area contributed by atoms with Gasteiger partial charge < -0.3 is 5.32 Å². The molecule has 0 aromatic rings. The number of rotatable bonds is 3. The summed E-state index contributed by atoms with van der Waals surface area (Å²) in [6.45, 7) is 2.24. The standard InChI is InChI=1S/C5H9BrF3N/c1-2-10-3-4(6)5(7,8)9/h4,10H,2-3H2,1H3. The van der Waals surface area contributed by atoms with Crippen molar-refractivity contribution in [1.82, 2.24) is 5.32 Å². The highest BCUT2D eigenvalue weighted by molar-refractivity contribution is 9.09. The van der Waals surface area contributed by atoms with E-state index in [2.05, 4.69) is 21.2 Å². The molecule has 0 saturated carbocycles. The zero-order valence-electron chi connectivity index (χ0n) is 5.50. The Kier molecular flexibility index (Phi) is 4.28. The molecule has 0 aliphatic rings.